The summed E-state index contributed by atoms with van der Waals surface area (Å²) in [5, 5.41) is 2.54. The van der Waals surface area contributed by atoms with Crippen molar-refractivity contribution in [1.29, 1.82) is 0 Å². The van der Waals surface area contributed by atoms with Crippen LogP contribution in [-0.4, -0.2) is 9.97 Å². The number of nitrogens with zero attached hydrogens (tertiary/aromatic N) is 2. The Morgan fingerprint density at radius 1 is 0.452 bits per heavy atom. The molecule has 202 valence electrons. The summed E-state index contributed by atoms with van der Waals surface area (Å²) in [6.45, 7) is 9.66. The largest absolute Gasteiger partial charge is 0.256 e. The number of fused-ring (bicyclic) bond motifs is 8. The number of pyridine rings is 2. The number of benzene rings is 4. The normalized spacial score (nSPS) is 15.9. The Morgan fingerprint density at radius 2 is 1.07 bits per heavy atom. The Bertz CT molecular complexity index is 2060. The van der Waals surface area contributed by atoms with E-state index in [9.17, 15) is 0 Å². The summed E-state index contributed by atoms with van der Waals surface area (Å²) in [6.07, 6.45) is 3.77. The van der Waals surface area contributed by atoms with E-state index in [1.165, 1.54) is 60.9 Å². The van der Waals surface area contributed by atoms with Crippen molar-refractivity contribution in [2.45, 2.75) is 38.5 Å². The highest BCUT2D eigenvalue weighted by Crippen LogP contribution is 2.62. The molecule has 2 aliphatic rings. The van der Waals surface area contributed by atoms with E-state index < -0.39 is 0 Å². The van der Waals surface area contributed by atoms with Crippen molar-refractivity contribution >= 4 is 21.9 Å². The summed E-state index contributed by atoms with van der Waals surface area (Å²) in [4.78, 5) is 9.49. The van der Waals surface area contributed by atoms with Crippen molar-refractivity contribution < 1.29 is 0 Å². The van der Waals surface area contributed by atoms with E-state index in [1.807, 2.05) is 24.5 Å². The monoisotopic (exact) mass is 540 g/mol. The molecule has 0 bridgehead atoms. The summed E-state index contributed by atoms with van der Waals surface area (Å²) in [6, 6.07) is 39.6. The van der Waals surface area contributed by atoms with Crippen LogP contribution in [0, 0.1) is 0 Å². The summed E-state index contributed by atoms with van der Waals surface area (Å²) < 4.78 is 0. The zero-order valence-corrected chi connectivity index (χ0v) is 24.4. The molecule has 6 aromatic rings. The van der Waals surface area contributed by atoms with Crippen LogP contribution in [0.4, 0.5) is 0 Å². The maximum absolute atomic E-state index is 4.79. The van der Waals surface area contributed by atoms with E-state index in [0.29, 0.717) is 0 Å². The molecule has 0 fully saturated rings. The molecule has 0 N–H and O–H groups in total. The number of allylic oxidation sites excluding steroid dienone is 2. The van der Waals surface area contributed by atoms with Gasteiger partial charge < -0.3 is 0 Å². The molecule has 0 atom stereocenters. The first-order valence-electron chi connectivity index (χ1n) is 14.8. The smallest absolute Gasteiger partial charge is 0.0708 e. The minimum Gasteiger partial charge on any atom is -0.256 e. The summed E-state index contributed by atoms with van der Waals surface area (Å²) in [7, 11) is 0. The fourth-order valence-electron chi connectivity index (χ4n) is 7.60. The zero-order valence-electron chi connectivity index (χ0n) is 24.4. The van der Waals surface area contributed by atoms with Gasteiger partial charge in [-0.2, -0.15) is 0 Å². The molecule has 0 saturated carbocycles. The highest BCUT2D eigenvalue weighted by atomic mass is 14.7. The average Bonchev–Trinajstić information content (AvgIpc) is 3.23. The maximum atomic E-state index is 4.79. The second kappa shape index (κ2) is 8.84. The van der Waals surface area contributed by atoms with Gasteiger partial charge in [0.15, 0.2) is 0 Å². The fourth-order valence-corrected chi connectivity index (χ4v) is 7.60. The summed E-state index contributed by atoms with van der Waals surface area (Å²) in [5.41, 5.74) is 14.7. The van der Waals surface area contributed by atoms with E-state index in [1.54, 1.807) is 0 Å². The van der Waals surface area contributed by atoms with Crippen molar-refractivity contribution in [1.82, 2.24) is 9.97 Å². The Balaban J connectivity index is 1.50. The molecule has 8 rings (SSSR count). The van der Waals surface area contributed by atoms with Crippen LogP contribution in [0.3, 0.4) is 0 Å². The van der Waals surface area contributed by atoms with Gasteiger partial charge in [0.1, 0.15) is 0 Å². The van der Waals surface area contributed by atoms with E-state index in [2.05, 4.69) is 125 Å². The van der Waals surface area contributed by atoms with Crippen LogP contribution in [-0.2, 0) is 10.8 Å². The first-order valence-corrected chi connectivity index (χ1v) is 14.8. The molecule has 0 radical (unpaired) electrons. The van der Waals surface area contributed by atoms with Crippen molar-refractivity contribution in [3.63, 3.8) is 0 Å². The van der Waals surface area contributed by atoms with Crippen LogP contribution in [0.1, 0.15) is 49.9 Å². The SMILES string of the molecule is CC1(C)C2=C(c3ccccc3-c3ccc(-c4ccccn4)cc31)C(C)(C)c1cc(-c3ccccn3)c3ccccc3c12. The third-order valence-corrected chi connectivity index (χ3v) is 9.55. The molecule has 2 nitrogen and oxygen atoms in total. The van der Waals surface area contributed by atoms with Gasteiger partial charge in [-0.25, -0.2) is 0 Å². The van der Waals surface area contributed by atoms with Crippen LogP contribution in [0.25, 0.3) is 55.6 Å². The van der Waals surface area contributed by atoms with Crippen molar-refractivity contribution in [2.75, 3.05) is 0 Å². The van der Waals surface area contributed by atoms with E-state index in [-0.39, 0.29) is 10.8 Å². The van der Waals surface area contributed by atoms with Gasteiger partial charge in [-0.05, 0) is 91.7 Å². The lowest BCUT2D eigenvalue weighted by molar-refractivity contribution is 0.690. The number of hydrogen-bond donors (Lipinski definition) is 0. The minimum atomic E-state index is -0.272. The molecule has 42 heavy (non-hydrogen) atoms. The van der Waals surface area contributed by atoms with Crippen LogP contribution in [0.5, 0.6) is 0 Å². The molecule has 0 aliphatic heterocycles. The Morgan fingerprint density at radius 3 is 1.79 bits per heavy atom. The highest BCUT2D eigenvalue weighted by Gasteiger charge is 2.48. The van der Waals surface area contributed by atoms with Crippen LogP contribution in [0.2, 0.25) is 0 Å². The van der Waals surface area contributed by atoms with Crippen molar-refractivity contribution in [3.05, 3.63) is 144 Å². The number of aromatic nitrogens is 2. The highest BCUT2D eigenvalue weighted by molar-refractivity contribution is 6.16. The third kappa shape index (κ3) is 3.39. The Kier molecular flexibility index (Phi) is 5.25. The van der Waals surface area contributed by atoms with Crippen LogP contribution in [0.15, 0.2) is 122 Å². The third-order valence-electron chi connectivity index (χ3n) is 9.55. The topological polar surface area (TPSA) is 25.8 Å². The van der Waals surface area contributed by atoms with Crippen LogP contribution >= 0.6 is 0 Å². The van der Waals surface area contributed by atoms with Gasteiger partial charge in [-0.1, -0.05) is 100 Å². The maximum Gasteiger partial charge on any atom is 0.0708 e. The van der Waals surface area contributed by atoms with Gasteiger partial charge in [0.25, 0.3) is 0 Å². The van der Waals surface area contributed by atoms with Gasteiger partial charge in [0.05, 0.1) is 11.4 Å². The lowest BCUT2D eigenvalue weighted by atomic mass is 9.72. The molecule has 2 heteroatoms. The molecule has 2 aromatic heterocycles. The predicted molar refractivity (Wildman–Crippen MR) is 175 cm³/mol. The van der Waals surface area contributed by atoms with Gasteiger partial charge in [0, 0.05) is 34.4 Å². The Labute approximate surface area is 247 Å². The molecule has 0 unspecified atom stereocenters. The quantitative estimate of drug-likeness (QED) is 0.218. The molecular weight excluding hydrogens is 508 g/mol. The van der Waals surface area contributed by atoms with E-state index >= 15 is 0 Å². The fraction of sp³-hybridized carbons (Fsp3) is 0.150. The predicted octanol–water partition coefficient (Wildman–Crippen LogP) is 10.1. The first-order chi connectivity index (χ1) is 20.4. The van der Waals surface area contributed by atoms with Crippen LogP contribution < -0.4 is 0 Å². The lowest BCUT2D eigenvalue weighted by Crippen LogP contribution is -2.20. The van der Waals surface area contributed by atoms with Gasteiger partial charge >= 0.3 is 0 Å². The molecule has 2 heterocycles. The van der Waals surface area contributed by atoms with Gasteiger partial charge in [0.2, 0.25) is 0 Å². The number of hydrogen-bond acceptors (Lipinski definition) is 2. The summed E-state index contributed by atoms with van der Waals surface area (Å²) >= 11 is 0. The van der Waals surface area contributed by atoms with E-state index in [0.717, 1.165) is 17.0 Å². The number of rotatable bonds is 2. The Hall–Kier alpha value is -4.82. The second-order valence-electron chi connectivity index (χ2n) is 12.6. The molecule has 4 aromatic carbocycles. The van der Waals surface area contributed by atoms with E-state index in [4.69, 9.17) is 9.97 Å². The standard InChI is InChI=1S/C40H32N2/c1-39(2)32-23-25(34-17-9-11-21-41-34)19-20-28(32)26-13-6-8-16-30(26)37-38(39)36-29-15-7-5-14-27(29)31(24-33(36)40(37,3)4)35-18-10-12-22-42-35/h5-24H,1-4H3. The lowest BCUT2D eigenvalue weighted by Gasteiger charge is -2.31. The molecule has 0 amide bonds. The molecular formula is C40H32N2. The van der Waals surface area contributed by atoms with Gasteiger partial charge in [-0.15, -0.1) is 0 Å². The van der Waals surface area contributed by atoms with Gasteiger partial charge in [-0.3, -0.25) is 9.97 Å². The second-order valence-corrected chi connectivity index (χ2v) is 12.6. The zero-order chi connectivity index (χ0) is 28.6. The first kappa shape index (κ1) is 24.9. The minimum absolute atomic E-state index is 0.211. The summed E-state index contributed by atoms with van der Waals surface area (Å²) in [5.74, 6) is 0. The molecule has 2 aliphatic carbocycles. The van der Waals surface area contributed by atoms with Crippen molar-refractivity contribution in [3.8, 4) is 33.6 Å². The average molecular weight is 541 g/mol. The van der Waals surface area contributed by atoms with Crippen molar-refractivity contribution in [2.24, 2.45) is 0 Å². The molecule has 0 spiro atoms. The molecule has 0 saturated heterocycles.